The lowest BCUT2D eigenvalue weighted by Gasteiger charge is -2.24. The summed E-state index contributed by atoms with van der Waals surface area (Å²) in [4.78, 5) is 0. The molecule has 8 heteroatoms. The van der Waals surface area contributed by atoms with Gasteiger partial charge in [-0.05, 0) is 5.56 Å². The number of hydrogen-bond donors (Lipinski definition) is 0. The van der Waals surface area contributed by atoms with E-state index in [1.807, 2.05) is 0 Å². The lowest BCUT2D eigenvalue weighted by atomic mass is 10.1. The topological polar surface area (TPSA) is 9.23 Å². The number of ether oxygens (including phenoxy) is 1. The molecule has 0 saturated carbocycles. The van der Waals surface area contributed by atoms with E-state index in [4.69, 9.17) is 0 Å². The fourth-order valence-electron chi connectivity index (χ4n) is 1.64. The molecule has 1 aromatic rings. The third kappa shape index (κ3) is 1.85. The van der Waals surface area contributed by atoms with E-state index in [9.17, 15) is 30.7 Å². The van der Waals surface area contributed by atoms with E-state index in [0.717, 1.165) is 0 Å². The summed E-state index contributed by atoms with van der Waals surface area (Å²) in [5.41, 5.74) is 0.238. The third-order valence-electron chi connectivity index (χ3n) is 2.77. The van der Waals surface area contributed by atoms with Crippen molar-refractivity contribution in [2.45, 2.75) is 24.4 Å². The molecule has 1 aliphatic rings. The summed E-state index contributed by atoms with van der Waals surface area (Å²) in [5.74, 6) is -22.1. The Bertz CT molecular complexity index is 536. The van der Waals surface area contributed by atoms with Crippen molar-refractivity contribution in [3.8, 4) is 0 Å². The molecule has 0 aromatic heterocycles. The SMILES string of the molecule is FC1=C(OCc2ccccc2)C(F)(F)C(F)(F)C1(F)F. The highest BCUT2D eigenvalue weighted by atomic mass is 19.3. The first-order chi connectivity index (χ1) is 9.12. The van der Waals surface area contributed by atoms with E-state index in [-0.39, 0.29) is 5.56 Å². The molecule has 0 N–H and O–H groups in total. The molecule has 0 heterocycles. The highest BCUT2D eigenvalue weighted by Crippen LogP contribution is 2.59. The van der Waals surface area contributed by atoms with Crippen LogP contribution in [0.4, 0.5) is 30.7 Å². The van der Waals surface area contributed by atoms with Crippen molar-refractivity contribution in [2.24, 2.45) is 0 Å². The van der Waals surface area contributed by atoms with Gasteiger partial charge in [0.1, 0.15) is 6.61 Å². The van der Waals surface area contributed by atoms with Crippen LogP contribution in [0.3, 0.4) is 0 Å². The Kier molecular flexibility index (Phi) is 3.22. The van der Waals surface area contributed by atoms with Gasteiger partial charge in [-0.2, -0.15) is 26.3 Å². The summed E-state index contributed by atoms with van der Waals surface area (Å²) >= 11 is 0. The maximum absolute atomic E-state index is 13.2. The molecule has 0 atom stereocenters. The lowest BCUT2D eigenvalue weighted by Crippen LogP contribution is -2.49. The molecule has 110 valence electrons. The molecule has 20 heavy (non-hydrogen) atoms. The van der Waals surface area contributed by atoms with Gasteiger partial charge in [-0.1, -0.05) is 30.3 Å². The van der Waals surface area contributed by atoms with E-state index in [0.29, 0.717) is 0 Å². The first-order valence-electron chi connectivity index (χ1n) is 5.33. The Hall–Kier alpha value is -1.73. The molecule has 0 amide bonds. The monoisotopic (exact) mass is 300 g/mol. The standard InChI is InChI=1S/C12H7F7O/c13-8-9(20-6-7-4-2-1-3-5-7)11(16,17)12(18,19)10(8,14)15/h1-5H,6H2. The Morgan fingerprint density at radius 3 is 1.85 bits per heavy atom. The summed E-state index contributed by atoms with van der Waals surface area (Å²) in [6.07, 6.45) is 0. The van der Waals surface area contributed by atoms with Crippen LogP contribution in [-0.4, -0.2) is 17.8 Å². The van der Waals surface area contributed by atoms with E-state index in [2.05, 4.69) is 4.74 Å². The second-order valence-corrected chi connectivity index (χ2v) is 4.14. The zero-order chi connectivity index (χ0) is 15.2. The van der Waals surface area contributed by atoms with Gasteiger partial charge in [0.25, 0.3) is 0 Å². The van der Waals surface area contributed by atoms with Gasteiger partial charge in [0.2, 0.25) is 11.6 Å². The number of halogens is 7. The molecular weight excluding hydrogens is 293 g/mol. The van der Waals surface area contributed by atoms with Crippen LogP contribution in [0.5, 0.6) is 0 Å². The van der Waals surface area contributed by atoms with Crippen LogP contribution in [0.1, 0.15) is 5.56 Å². The Balaban J connectivity index is 2.29. The van der Waals surface area contributed by atoms with Gasteiger partial charge in [-0.15, -0.1) is 0 Å². The number of alkyl halides is 6. The third-order valence-corrected chi connectivity index (χ3v) is 2.77. The predicted molar refractivity (Wildman–Crippen MR) is 54.2 cm³/mol. The minimum absolute atomic E-state index is 0.238. The van der Waals surface area contributed by atoms with Crippen LogP contribution in [0.25, 0.3) is 0 Å². The van der Waals surface area contributed by atoms with Crippen molar-refractivity contribution in [1.82, 2.24) is 0 Å². The highest BCUT2D eigenvalue weighted by Gasteiger charge is 2.82. The normalized spacial score (nSPS) is 22.9. The molecule has 0 aliphatic heterocycles. The number of rotatable bonds is 3. The van der Waals surface area contributed by atoms with Crippen LogP contribution in [0.15, 0.2) is 41.9 Å². The van der Waals surface area contributed by atoms with Crippen molar-refractivity contribution in [3.05, 3.63) is 47.5 Å². The van der Waals surface area contributed by atoms with Gasteiger partial charge in [0.15, 0.2) is 0 Å². The second kappa shape index (κ2) is 4.39. The summed E-state index contributed by atoms with van der Waals surface area (Å²) in [7, 11) is 0. The van der Waals surface area contributed by atoms with Crippen molar-refractivity contribution >= 4 is 0 Å². The molecule has 0 unspecified atom stereocenters. The molecule has 0 radical (unpaired) electrons. The van der Waals surface area contributed by atoms with Crippen LogP contribution in [-0.2, 0) is 11.3 Å². The van der Waals surface area contributed by atoms with Gasteiger partial charge in [0.05, 0.1) is 0 Å². The number of allylic oxidation sites excluding steroid dienone is 2. The smallest absolute Gasteiger partial charge is 0.386 e. The Morgan fingerprint density at radius 1 is 0.850 bits per heavy atom. The van der Waals surface area contributed by atoms with E-state index in [1.54, 1.807) is 6.07 Å². The molecule has 0 saturated heterocycles. The molecule has 1 nitrogen and oxygen atoms in total. The minimum atomic E-state index is -5.86. The van der Waals surface area contributed by atoms with Crippen molar-refractivity contribution in [3.63, 3.8) is 0 Å². The number of hydrogen-bond acceptors (Lipinski definition) is 1. The lowest BCUT2D eigenvalue weighted by molar-refractivity contribution is -0.274. The van der Waals surface area contributed by atoms with Crippen LogP contribution in [0.2, 0.25) is 0 Å². The molecule has 0 spiro atoms. The molecule has 0 bridgehead atoms. The summed E-state index contributed by atoms with van der Waals surface area (Å²) in [6, 6.07) is 7.30. The van der Waals surface area contributed by atoms with Crippen molar-refractivity contribution in [2.75, 3.05) is 0 Å². The van der Waals surface area contributed by atoms with Gasteiger partial charge in [-0.25, -0.2) is 4.39 Å². The van der Waals surface area contributed by atoms with E-state index >= 15 is 0 Å². The average Bonchev–Trinajstić information content (AvgIpc) is 2.46. The summed E-state index contributed by atoms with van der Waals surface area (Å²) in [5, 5.41) is 0. The first kappa shape index (κ1) is 14.7. The number of benzene rings is 1. The Labute approximate surface area is 108 Å². The Morgan fingerprint density at radius 2 is 1.40 bits per heavy atom. The zero-order valence-electron chi connectivity index (χ0n) is 9.65. The van der Waals surface area contributed by atoms with Gasteiger partial charge >= 0.3 is 17.8 Å². The maximum atomic E-state index is 13.2. The molecule has 1 aromatic carbocycles. The van der Waals surface area contributed by atoms with Crippen LogP contribution >= 0.6 is 0 Å². The van der Waals surface area contributed by atoms with Crippen molar-refractivity contribution < 1.29 is 35.5 Å². The van der Waals surface area contributed by atoms with Gasteiger partial charge < -0.3 is 4.74 Å². The summed E-state index contributed by atoms with van der Waals surface area (Å²) < 4.78 is 95.1. The molecular formula is C12H7F7O. The molecule has 1 aliphatic carbocycles. The molecule has 2 rings (SSSR count). The molecule has 0 fully saturated rings. The first-order valence-corrected chi connectivity index (χ1v) is 5.33. The quantitative estimate of drug-likeness (QED) is 0.756. The highest BCUT2D eigenvalue weighted by molar-refractivity contribution is 5.33. The van der Waals surface area contributed by atoms with Gasteiger partial charge in [0, 0.05) is 0 Å². The predicted octanol–water partition coefficient (Wildman–Crippen LogP) is 4.30. The van der Waals surface area contributed by atoms with E-state index in [1.165, 1.54) is 24.3 Å². The maximum Gasteiger partial charge on any atom is 0.386 e. The van der Waals surface area contributed by atoms with Crippen LogP contribution < -0.4 is 0 Å². The summed E-state index contributed by atoms with van der Waals surface area (Å²) in [6.45, 7) is -0.731. The average molecular weight is 300 g/mol. The minimum Gasteiger partial charge on any atom is -0.484 e. The second-order valence-electron chi connectivity index (χ2n) is 4.14. The zero-order valence-corrected chi connectivity index (χ0v) is 9.65. The van der Waals surface area contributed by atoms with Gasteiger partial charge in [-0.3, -0.25) is 0 Å². The fourth-order valence-corrected chi connectivity index (χ4v) is 1.64. The fraction of sp³-hybridized carbons (Fsp3) is 0.333. The van der Waals surface area contributed by atoms with Crippen LogP contribution in [0, 0.1) is 0 Å². The largest absolute Gasteiger partial charge is 0.484 e. The van der Waals surface area contributed by atoms with Crippen molar-refractivity contribution in [1.29, 1.82) is 0 Å². The van der Waals surface area contributed by atoms with E-state index < -0.39 is 36.0 Å².